The lowest BCUT2D eigenvalue weighted by molar-refractivity contribution is 0.0997. The highest BCUT2D eigenvalue weighted by Crippen LogP contribution is 2.28. The van der Waals surface area contributed by atoms with Gasteiger partial charge in [0.05, 0.1) is 24.3 Å². The Hall–Kier alpha value is -3.68. The van der Waals surface area contributed by atoms with Crippen LogP contribution in [0.4, 0.5) is 9.18 Å². The van der Waals surface area contributed by atoms with Gasteiger partial charge in [0.25, 0.3) is 5.91 Å². The fourth-order valence-electron chi connectivity index (χ4n) is 3.84. The van der Waals surface area contributed by atoms with Crippen molar-refractivity contribution >= 4 is 11.9 Å². The first-order valence-electron chi connectivity index (χ1n) is 10.2. The van der Waals surface area contributed by atoms with E-state index in [4.69, 9.17) is 5.73 Å². The molecule has 1 aliphatic rings. The zero-order chi connectivity index (χ0) is 22.0. The van der Waals surface area contributed by atoms with Crippen molar-refractivity contribution in [1.29, 1.82) is 0 Å². The monoisotopic (exact) mass is 421 g/mol. The van der Waals surface area contributed by atoms with Crippen LogP contribution in [-0.2, 0) is 13.1 Å². The van der Waals surface area contributed by atoms with Crippen molar-refractivity contribution in [3.8, 4) is 11.3 Å². The van der Waals surface area contributed by atoms with Gasteiger partial charge in [-0.3, -0.25) is 9.48 Å². The Balaban J connectivity index is 1.51. The number of amides is 3. The number of nitrogens with two attached hydrogens (primary N) is 1. The molecule has 31 heavy (non-hydrogen) atoms. The van der Waals surface area contributed by atoms with Gasteiger partial charge in [-0.25, -0.2) is 9.18 Å². The van der Waals surface area contributed by atoms with E-state index >= 15 is 0 Å². The summed E-state index contributed by atoms with van der Waals surface area (Å²) in [5.41, 5.74) is 8.38. The van der Waals surface area contributed by atoms with Crippen LogP contribution in [0, 0.1) is 5.82 Å². The average molecular weight is 421 g/mol. The van der Waals surface area contributed by atoms with Crippen LogP contribution in [0.2, 0.25) is 0 Å². The van der Waals surface area contributed by atoms with E-state index < -0.39 is 11.7 Å². The summed E-state index contributed by atoms with van der Waals surface area (Å²) in [5, 5.41) is 7.45. The van der Waals surface area contributed by atoms with Gasteiger partial charge in [-0.05, 0) is 23.6 Å². The maximum Gasteiger partial charge on any atom is 0.317 e. The summed E-state index contributed by atoms with van der Waals surface area (Å²) >= 11 is 0. The summed E-state index contributed by atoms with van der Waals surface area (Å²) in [6, 6.07) is 15.6. The first-order valence-corrected chi connectivity index (χ1v) is 10.2. The molecule has 3 N–H and O–H groups in total. The van der Waals surface area contributed by atoms with E-state index in [1.165, 1.54) is 12.1 Å². The fourth-order valence-corrected chi connectivity index (χ4v) is 3.84. The maximum absolute atomic E-state index is 13.7. The molecule has 8 heteroatoms. The number of nitrogens with zero attached hydrogens (tertiary/aromatic N) is 3. The van der Waals surface area contributed by atoms with E-state index in [9.17, 15) is 14.0 Å². The largest absolute Gasteiger partial charge is 0.365 e. The number of urea groups is 1. The van der Waals surface area contributed by atoms with E-state index in [1.807, 2.05) is 30.3 Å². The molecule has 4 rings (SSSR count). The molecular weight excluding hydrogens is 397 g/mol. The molecule has 3 aromatic rings. The molecule has 0 unspecified atom stereocenters. The number of fused-ring (bicyclic) bond motifs is 1. The molecule has 0 aliphatic carbocycles. The van der Waals surface area contributed by atoms with Gasteiger partial charge in [0.15, 0.2) is 0 Å². The zero-order valence-corrected chi connectivity index (χ0v) is 17.2. The van der Waals surface area contributed by atoms with Gasteiger partial charge in [0, 0.05) is 18.7 Å². The summed E-state index contributed by atoms with van der Waals surface area (Å²) in [7, 11) is 0. The predicted octanol–water partition coefficient (Wildman–Crippen LogP) is 3.12. The molecule has 1 aliphatic heterocycles. The van der Waals surface area contributed by atoms with Crippen molar-refractivity contribution in [2.45, 2.75) is 25.9 Å². The molecule has 1 atom stereocenters. The summed E-state index contributed by atoms with van der Waals surface area (Å²) in [6.45, 7) is 3.62. The second-order valence-electron chi connectivity index (χ2n) is 7.69. The van der Waals surface area contributed by atoms with Gasteiger partial charge in [0.2, 0.25) is 0 Å². The van der Waals surface area contributed by atoms with Crippen LogP contribution in [-0.4, -0.2) is 39.7 Å². The highest BCUT2D eigenvalue weighted by molar-refractivity contribution is 6.00. The van der Waals surface area contributed by atoms with E-state index in [0.717, 1.165) is 5.56 Å². The predicted molar refractivity (Wildman–Crippen MR) is 115 cm³/mol. The normalized spacial score (nSPS) is 14.1. The van der Waals surface area contributed by atoms with E-state index in [2.05, 4.69) is 17.3 Å². The average Bonchev–Trinajstić information content (AvgIpc) is 3.17. The van der Waals surface area contributed by atoms with Crippen molar-refractivity contribution in [1.82, 2.24) is 20.0 Å². The zero-order valence-electron chi connectivity index (χ0n) is 17.2. The van der Waals surface area contributed by atoms with E-state index in [1.54, 1.807) is 21.7 Å². The van der Waals surface area contributed by atoms with Crippen LogP contribution < -0.4 is 11.1 Å². The van der Waals surface area contributed by atoms with Gasteiger partial charge in [-0.1, -0.05) is 49.4 Å². The Morgan fingerprint density at radius 3 is 2.65 bits per heavy atom. The van der Waals surface area contributed by atoms with Crippen LogP contribution in [0.15, 0.2) is 54.6 Å². The number of rotatable bonds is 5. The minimum absolute atomic E-state index is 0.168. The van der Waals surface area contributed by atoms with Gasteiger partial charge in [0.1, 0.15) is 11.5 Å². The minimum atomic E-state index is -0.652. The number of primary amides is 1. The third-order valence-corrected chi connectivity index (χ3v) is 5.54. The smallest absolute Gasteiger partial charge is 0.317 e. The third kappa shape index (κ3) is 4.28. The number of benzene rings is 2. The van der Waals surface area contributed by atoms with Crippen molar-refractivity contribution < 1.29 is 14.0 Å². The molecule has 0 fully saturated rings. The van der Waals surface area contributed by atoms with Crippen molar-refractivity contribution in [3.05, 3.63) is 77.2 Å². The summed E-state index contributed by atoms with van der Waals surface area (Å²) < 4.78 is 15.4. The van der Waals surface area contributed by atoms with Crippen molar-refractivity contribution in [3.63, 3.8) is 0 Å². The quantitative estimate of drug-likeness (QED) is 0.663. The Morgan fingerprint density at radius 2 is 1.94 bits per heavy atom. The molecule has 7 nitrogen and oxygen atoms in total. The highest BCUT2D eigenvalue weighted by Gasteiger charge is 2.29. The number of nitrogens with one attached hydrogen (secondary N) is 1. The Kier molecular flexibility index (Phi) is 5.70. The first-order chi connectivity index (χ1) is 14.9. The number of carbonyl (C=O) groups is 2. The fraction of sp³-hybridized carbons (Fsp3) is 0.261. The molecular formula is C23H24FN5O2. The molecule has 2 aromatic carbocycles. The van der Waals surface area contributed by atoms with Gasteiger partial charge >= 0.3 is 6.03 Å². The second kappa shape index (κ2) is 8.59. The van der Waals surface area contributed by atoms with Crippen molar-refractivity contribution in [2.24, 2.45) is 5.73 Å². The number of halogens is 1. The standard InChI is InChI=1S/C23H24FN5O2/c1-15(16-6-3-2-4-7-16)13-26-23(31)28-10-11-29-19(14-28)20(22(25)30)21(27-29)17-8-5-9-18(24)12-17/h2-9,12,15H,10-11,13-14H2,1H3,(H2,25,30)(H,26,31)/t15-/m1/s1. The molecule has 1 aromatic heterocycles. The van der Waals surface area contributed by atoms with Crippen LogP contribution in [0.3, 0.4) is 0 Å². The SMILES string of the molecule is C[C@H](CNC(=O)N1CCn2nc(-c3cccc(F)c3)c(C(N)=O)c2C1)c1ccccc1. The molecule has 160 valence electrons. The van der Waals surface area contributed by atoms with Gasteiger partial charge in [-0.2, -0.15) is 5.10 Å². The number of aromatic nitrogens is 2. The molecule has 3 amide bonds. The topological polar surface area (TPSA) is 93.2 Å². The summed E-state index contributed by atoms with van der Waals surface area (Å²) in [5.74, 6) is -0.908. The van der Waals surface area contributed by atoms with Crippen LogP contribution >= 0.6 is 0 Å². The molecule has 0 spiro atoms. The van der Waals surface area contributed by atoms with Crippen molar-refractivity contribution in [2.75, 3.05) is 13.1 Å². The molecule has 0 radical (unpaired) electrons. The highest BCUT2D eigenvalue weighted by atomic mass is 19.1. The van der Waals surface area contributed by atoms with Gasteiger partial charge < -0.3 is 16.0 Å². The van der Waals surface area contributed by atoms with Crippen LogP contribution in [0.1, 0.15) is 34.5 Å². The van der Waals surface area contributed by atoms with E-state index in [0.29, 0.717) is 36.6 Å². The van der Waals surface area contributed by atoms with Gasteiger partial charge in [-0.15, -0.1) is 0 Å². The molecule has 0 saturated heterocycles. The molecule has 0 saturated carbocycles. The summed E-state index contributed by atoms with van der Waals surface area (Å²) in [6.07, 6.45) is 0. The first kappa shape index (κ1) is 20.6. The van der Waals surface area contributed by atoms with Crippen LogP contribution in [0.25, 0.3) is 11.3 Å². The number of hydrogen-bond acceptors (Lipinski definition) is 3. The lowest BCUT2D eigenvalue weighted by Gasteiger charge is -2.28. The third-order valence-electron chi connectivity index (χ3n) is 5.54. The Morgan fingerprint density at radius 1 is 1.16 bits per heavy atom. The lowest BCUT2D eigenvalue weighted by atomic mass is 10.0. The number of carbonyl (C=O) groups excluding carboxylic acids is 2. The van der Waals surface area contributed by atoms with Crippen LogP contribution in [0.5, 0.6) is 0 Å². The maximum atomic E-state index is 13.7. The van der Waals surface area contributed by atoms with E-state index in [-0.39, 0.29) is 24.1 Å². The second-order valence-corrected chi connectivity index (χ2v) is 7.69. The molecule has 0 bridgehead atoms. The molecule has 2 heterocycles. The summed E-state index contributed by atoms with van der Waals surface area (Å²) in [4.78, 5) is 26.6. The Bertz CT molecular complexity index is 1110. The minimum Gasteiger partial charge on any atom is -0.365 e. The number of hydrogen-bond donors (Lipinski definition) is 2. The Labute approximate surface area is 179 Å². The lowest BCUT2D eigenvalue weighted by Crippen LogP contribution is -2.45.